The average molecular weight is 351 g/mol. The number of hydrogen-bond acceptors (Lipinski definition) is 2. The van der Waals surface area contributed by atoms with Crippen LogP contribution < -0.4 is 0 Å². The van der Waals surface area contributed by atoms with E-state index in [0.717, 1.165) is 38.9 Å². The van der Waals surface area contributed by atoms with E-state index in [0.29, 0.717) is 6.54 Å². The van der Waals surface area contributed by atoms with E-state index >= 15 is 0 Å². The van der Waals surface area contributed by atoms with Gasteiger partial charge in [0.1, 0.15) is 0 Å². The first kappa shape index (κ1) is 18.7. The maximum Gasteiger partial charge on any atom is 0.227 e. The first-order valence-electron chi connectivity index (χ1n) is 9.74. The summed E-state index contributed by atoms with van der Waals surface area (Å²) in [6.07, 6.45) is 3.18. The molecule has 0 N–H and O–H groups in total. The molecule has 2 aromatic rings. The Hall–Kier alpha value is -2.13. The number of carbonyl (C=O) groups excluding carboxylic acids is 1. The van der Waals surface area contributed by atoms with Crippen LogP contribution in [0.5, 0.6) is 0 Å². The number of nitrogens with zero attached hydrogens (tertiary/aromatic N) is 2. The van der Waals surface area contributed by atoms with E-state index in [4.69, 9.17) is 0 Å². The molecular formula is C23H30N2O. The molecule has 0 aromatic heterocycles. The summed E-state index contributed by atoms with van der Waals surface area (Å²) in [7, 11) is 1.93. The molecule has 1 atom stereocenters. The quantitative estimate of drug-likeness (QED) is 0.782. The lowest BCUT2D eigenvalue weighted by molar-refractivity contribution is -0.136. The predicted molar refractivity (Wildman–Crippen MR) is 107 cm³/mol. The van der Waals surface area contributed by atoms with E-state index < -0.39 is 0 Å². The van der Waals surface area contributed by atoms with Crippen LogP contribution in [0.3, 0.4) is 0 Å². The van der Waals surface area contributed by atoms with Gasteiger partial charge in [-0.25, -0.2) is 0 Å². The molecule has 1 heterocycles. The van der Waals surface area contributed by atoms with Crippen molar-refractivity contribution < 1.29 is 4.79 Å². The minimum atomic E-state index is 0.118. The third kappa shape index (κ3) is 4.95. The van der Waals surface area contributed by atoms with E-state index in [1.54, 1.807) is 0 Å². The lowest BCUT2D eigenvalue weighted by atomic mass is 9.96. The summed E-state index contributed by atoms with van der Waals surface area (Å²) in [4.78, 5) is 17.2. The van der Waals surface area contributed by atoms with Crippen LogP contribution in [0, 0.1) is 5.92 Å². The van der Waals surface area contributed by atoms with E-state index in [1.807, 2.05) is 30.1 Å². The van der Waals surface area contributed by atoms with Gasteiger partial charge in [-0.1, -0.05) is 61.5 Å². The van der Waals surface area contributed by atoms with Crippen molar-refractivity contribution in [3.63, 3.8) is 0 Å². The molecule has 3 heteroatoms. The van der Waals surface area contributed by atoms with Gasteiger partial charge in [0.2, 0.25) is 5.91 Å². The van der Waals surface area contributed by atoms with E-state index in [2.05, 4.69) is 48.2 Å². The van der Waals surface area contributed by atoms with Crippen LogP contribution in [-0.4, -0.2) is 35.8 Å². The van der Waals surface area contributed by atoms with Crippen LogP contribution in [0.2, 0.25) is 0 Å². The highest BCUT2D eigenvalue weighted by Crippen LogP contribution is 2.21. The molecule has 1 unspecified atom stereocenters. The van der Waals surface area contributed by atoms with E-state index in [-0.39, 0.29) is 11.8 Å². The second kappa shape index (κ2) is 9.00. The van der Waals surface area contributed by atoms with Crippen molar-refractivity contribution in [1.82, 2.24) is 9.80 Å². The van der Waals surface area contributed by atoms with Gasteiger partial charge >= 0.3 is 0 Å². The van der Waals surface area contributed by atoms with Gasteiger partial charge in [-0.2, -0.15) is 0 Å². The Balaban J connectivity index is 1.55. The molecule has 0 aliphatic carbocycles. The summed E-state index contributed by atoms with van der Waals surface area (Å²) in [5.74, 6) is 0.396. The molecule has 2 aromatic carbocycles. The van der Waals surface area contributed by atoms with Crippen LogP contribution in [0.25, 0.3) is 0 Å². The number of piperidine rings is 1. The number of aryl methyl sites for hydroxylation is 1. The van der Waals surface area contributed by atoms with E-state index in [1.165, 1.54) is 16.7 Å². The SMILES string of the molecule is CCc1ccc(CN2CCCC(C(=O)N(C)Cc3ccccc3)C2)cc1. The monoisotopic (exact) mass is 350 g/mol. The summed E-state index contributed by atoms with van der Waals surface area (Å²) >= 11 is 0. The summed E-state index contributed by atoms with van der Waals surface area (Å²) in [5, 5.41) is 0. The van der Waals surface area contributed by atoms with Gasteiger partial charge in [0.15, 0.2) is 0 Å². The Morgan fingerprint density at radius 2 is 1.73 bits per heavy atom. The smallest absolute Gasteiger partial charge is 0.227 e. The molecule has 3 nitrogen and oxygen atoms in total. The molecule has 0 radical (unpaired) electrons. The van der Waals surface area contributed by atoms with Crippen molar-refractivity contribution in [2.45, 2.75) is 39.3 Å². The first-order valence-corrected chi connectivity index (χ1v) is 9.74. The standard InChI is InChI=1S/C23H30N2O/c1-3-19-11-13-21(14-12-19)17-25-15-7-10-22(18-25)23(26)24(2)16-20-8-5-4-6-9-20/h4-6,8-9,11-14,22H,3,7,10,15-18H2,1-2H3. The molecule has 1 amide bonds. The van der Waals surface area contributed by atoms with Gasteiger partial charge in [-0.3, -0.25) is 9.69 Å². The Morgan fingerprint density at radius 3 is 2.42 bits per heavy atom. The maximum atomic E-state index is 12.9. The number of carbonyl (C=O) groups is 1. The van der Waals surface area contributed by atoms with Gasteiger partial charge in [0, 0.05) is 26.7 Å². The second-order valence-electron chi connectivity index (χ2n) is 7.42. The first-order chi connectivity index (χ1) is 12.7. The van der Waals surface area contributed by atoms with Gasteiger partial charge in [-0.15, -0.1) is 0 Å². The van der Waals surface area contributed by atoms with Crippen LogP contribution >= 0.6 is 0 Å². The van der Waals surface area contributed by atoms with Crippen LogP contribution in [-0.2, 0) is 24.3 Å². The van der Waals surface area contributed by atoms with Gasteiger partial charge in [0.05, 0.1) is 5.92 Å². The van der Waals surface area contributed by atoms with Crippen molar-refractivity contribution in [3.05, 3.63) is 71.3 Å². The minimum absolute atomic E-state index is 0.118. The molecule has 3 rings (SSSR count). The summed E-state index contributed by atoms with van der Waals surface area (Å²) in [6.45, 7) is 5.77. The third-order valence-electron chi connectivity index (χ3n) is 5.33. The van der Waals surface area contributed by atoms with Gasteiger partial charge in [-0.05, 0) is 42.5 Å². The molecule has 1 aliphatic heterocycles. The highest BCUT2D eigenvalue weighted by atomic mass is 16.2. The zero-order chi connectivity index (χ0) is 18.4. The average Bonchev–Trinajstić information content (AvgIpc) is 2.69. The Labute approximate surface area is 157 Å². The van der Waals surface area contributed by atoms with Crippen molar-refractivity contribution in [1.29, 1.82) is 0 Å². The fourth-order valence-electron chi connectivity index (χ4n) is 3.79. The van der Waals surface area contributed by atoms with Crippen molar-refractivity contribution >= 4 is 5.91 Å². The molecule has 0 bridgehead atoms. The normalized spacial score (nSPS) is 17.8. The topological polar surface area (TPSA) is 23.6 Å². The lowest BCUT2D eigenvalue weighted by Crippen LogP contribution is -2.43. The highest BCUT2D eigenvalue weighted by Gasteiger charge is 2.27. The largest absolute Gasteiger partial charge is 0.341 e. The molecule has 1 saturated heterocycles. The van der Waals surface area contributed by atoms with E-state index in [9.17, 15) is 4.79 Å². The van der Waals surface area contributed by atoms with Gasteiger partial charge < -0.3 is 4.90 Å². The minimum Gasteiger partial charge on any atom is -0.341 e. The van der Waals surface area contributed by atoms with Crippen LogP contribution in [0.4, 0.5) is 0 Å². The second-order valence-corrected chi connectivity index (χ2v) is 7.42. The Kier molecular flexibility index (Phi) is 6.45. The molecule has 1 fully saturated rings. The lowest BCUT2D eigenvalue weighted by Gasteiger charge is -2.34. The van der Waals surface area contributed by atoms with Crippen LogP contribution in [0.1, 0.15) is 36.5 Å². The summed E-state index contributed by atoms with van der Waals surface area (Å²) in [6, 6.07) is 19.1. The Bertz CT molecular complexity index is 696. The molecular weight excluding hydrogens is 320 g/mol. The maximum absolute atomic E-state index is 12.9. The highest BCUT2D eigenvalue weighted by molar-refractivity contribution is 5.78. The van der Waals surface area contributed by atoms with Crippen molar-refractivity contribution in [3.8, 4) is 0 Å². The zero-order valence-corrected chi connectivity index (χ0v) is 16.0. The fourth-order valence-corrected chi connectivity index (χ4v) is 3.79. The molecule has 0 saturated carbocycles. The van der Waals surface area contributed by atoms with Crippen molar-refractivity contribution in [2.24, 2.45) is 5.92 Å². The third-order valence-corrected chi connectivity index (χ3v) is 5.33. The number of likely N-dealkylation sites (tertiary alicyclic amines) is 1. The number of hydrogen-bond donors (Lipinski definition) is 0. The number of amides is 1. The predicted octanol–water partition coefficient (Wildman–Crippen LogP) is 4.12. The molecule has 1 aliphatic rings. The molecule has 26 heavy (non-hydrogen) atoms. The molecule has 0 spiro atoms. The number of rotatable bonds is 6. The van der Waals surface area contributed by atoms with Crippen LogP contribution in [0.15, 0.2) is 54.6 Å². The molecule has 138 valence electrons. The Morgan fingerprint density at radius 1 is 1.04 bits per heavy atom. The number of benzene rings is 2. The fraction of sp³-hybridized carbons (Fsp3) is 0.435. The zero-order valence-electron chi connectivity index (χ0n) is 16.0. The van der Waals surface area contributed by atoms with Gasteiger partial charge in [0.25, 0.3) is 0 Å². The van der Waals surface area contributed by atoms with Crippen molar-refractivity contribution in [2.75, 3.05) is 20.1 Å². The summed E-state index contributed by atoms with van der Waals surface area (Å²) < 4.78 is 0. The summed E-state index contributed by atoms with van der Waals surface area (Å²) in [5.41, 5.74) is 3.91.